The lowest BCUT2D eigenvalue weighted by Crippen LogP contribution is -2.26. The number of benzene rings is 3. The Kier molecular flexibility index (Phi) is 3.89. The van der Waals surface area contributed by atoms with Gasteiger partial charge in [0.1, 0.15) is 10.8 Å². The summed E-state index contributed by atoms with van der Waals surface area (Å²) in [6, 6.07) is 18.7. The molecule has 1 aliphatic heterocycles. The van der Waals surface area contributed by atoms with Crippen LogP contribution in [0.5, 0.6) is 5.75 Å². The Labute approximate surface area is 166 Å². The van der Waals surface area contributed by atoms with Gasteiger partial charge in [0, 0.05) is 16.3 Å². The maximum absolute atomic E-state index is 13.1. The Morgan fingerprint density at radius 2 is 1.79 bits per heavy atom. The third-order valence-corrected chi connectivity index (χ3v) is 7.62. The highest BCUT2D eigenvalue weighted by Crippen LogP contribution is 2.42. The first-order chi connectivity index (χ1) is 13.6. The van der Waals surface area contributed by atoms with E-state index in [9.17, 15) is 8.42 Å². The van der Waals surface area contributed by atoms with Gasteiger partial charge in [-0.05, 0) is 41.8 Å². The number of aromatic nitrogens is 1. The molecule has 0 spiro atoms. The van der Waals surface area contributed by atoms with E-state index in [2.05, 4.69) is 4.98 Å². The average Bonchev–Trinajstić information content (AvgIpc) is 3.27. The van der Waals surface area contributed by atoms with E-state index in [-0.39, 0.29) is 6.54 Å². The van der Waals surface area contributed by atoms with Crippen molar-refractivity contribution in [3.05, 3.63) is 71.7 Å². The Morgan fingerprint density at radius 1 is 1.04 bits per heavy atom. The van der Waals surface area contributed by atoms with Crippen LogP contribution in [0.25, 0.3) is 21.3 Å². The van der Waals surface area contributed by atoms with Gasteiger partial charge in [-0.15, -0.1) is 11.3 Å². The molecule has 0 radical (unpaired) electrons. The Hall–Kier alpha value is -2.90. The number of ether oxygens (including phenoxy) is 1. The van der Waals surface area contributed by atoms with E-state index >= 15 is 0 Å². The number of sulfonamides is 1. The second-order valence-electron chi connectivity index (χ2n) is 6.52. The number of nitrogens with zero attached hydrogens (tertiary/aromatic N) is 2. The molecular weight excluding hydrogens is 392 g/mol. The highest BCUT2D eigenvalue weighted by molar-refractivity contribution is 7.93. The lowest BCUT2D eigenvalue weighted by molar-refractivity contribution is 0.415. The fourth-order valence-corrected chi connectivity index (χ4v) is 6.02. The van der Waals surface area contributed by atoms with E-state index in [0.29, 0.717) is 10.6 Å². The molecule has 0 saturated heterocycles. The normalized spacial score (nSPS) is 14.5. The van der Waals surface area contributed by atoms with Crippen molar-refractivity contribution in [2.24, 2.45) is 0 Å². The van der Waals surface area contributed by atoms with Gasteiger partial charge in [-0.25, -0.2) is 13.4 Å². The molecule has 0 bridgehead atoms. The van der Waals surface area contributed by atoms with Gasteiger partial charge >= 0.3 is 0 Å². The van der Waals surface area contributed by atoms with Crippen LogP contribution in [0, 0.1) is 0 Å². The minimum Gasteiger partial charge on any atom is -0.497 e. The van der Waals surface area contributed by atoms with Gasteiger partial charge < -0.3 is 4.74 Å². The van der Waals surface area contributed by atoms with Crippen molar-refractivity contribution in [3.63, 3.8) is 0 Å². The number of rotatable bonds is 4. The van der Waals surface area contributed by atoms with Crippen molar-refractivity contribution in [1.29, 1.82) is 0 Å². The van der Waals surface area contributed by atoms with Crippen LogP contribution >= 0.6 is 11.3 Å². The van der Waals surface area contributed by atoms with Gasteiger partial charge in [-0.3, -0.25) is 4.31 Å². The zero-order chi connectivity index (χ0) is 19.3. The summed E-state index contributed by atoms with van der Waals surface area (Å²) in [6.07, 6.45) is 0. The zero-order valence-corrected chi connectivity index (χ0v) is 16.6. The first kappa shape index (κ1) is 17.2. The minimum absolute atomic E-state index is 0.211. The van der Waals surface area contributed by atoms with Crippen molar-refractivity contribution in [3.8, 4) is 16.3 Å². The molecule has 7 heteroatoms. The van der Waals surface area contributed by atoms with Gasteiger partial charge in [0.2, 0.25) is 0 Å². The minimum atomic E-state index is -3.58. The molecule has 2 heterocycles. The van der Waals surface area contributed by atoms with Crippen molar-refractivity contribution < 1.29 is 13.2 Å². The van der Waals surface area contributed by atoms with Crippen LogP contribution < -0.4 is 9.04 Å². The molecule has 3 aromatic carbocycles. The van der Waals surface area contributed by atoms with Crippen LogP contribution in [0.3, 0.4) is 0 Å². The molecule has 0 atom stereocenters. The summed E-state index contributed by atoms with van der Waals surface area (Å²) >= 11 is 1.50. The number of methoxy groups -OCH3 is 1. The van der Waals surface area contributed by atoms with Crippen LogP contribution in [-0.4, -0.2) is 20.5 Å². The monoisotopic (exact) mass is 408 g/mol. The van der Waals surface area contributed by atoms with Gasteiger partial charge in [0.15, 0.2) is 0 Å². The SMILES string of the molecule is COc1ccc(-c2nc(CN3c4cccc5cccc(c45)S3(=O)=O)cs2)cc1. The molecule has 28 heavy (non-hydrogen) atoms. The summed E-state index contributed by atoms with van der Waals surface area (Å²) in [5, 5.41) is 4.48. The third-order valence-electron chi connectivity index (χ3n) is 4.88. The van der Waals surface area contributed by atoms with Gasteiger partial charge in [0.25, 0.3) is 10.0 Å². The van der Waals surface area contributed by atoms with E-state index < -0.39 is 10.0 Å². The Morgan fingerprint density at radius 3 is 2.54 bits per heavy atom. The lowest BCUT2D eigenvalue weighted by Gasteiger charge is -2.17. The number of hydrogen-bond donors (Lipinski definition) is 0. The van der Waals surface area contributed by atoms with Crippen molar-refractivity contribution in [2.45, 2.75) is 11.4 Å². The number of thiazole rings is 1. The molecule has 0 fully saturated rings. The van der Waals surface area contributed by atoms with Crippen LogP contribution in [0.15, 0.2) is 70.9 Å². The predicted molar refractivity (Wildman–Crippen MR) is 111 cm³/mol. The highest BCUT2D eigenvalue weighted by Gasteiger charge is 2.35. The summed E-state index contributed by atoms with van der Waals surface area (Å²) in [4.78, 5) is 5.03. The molecular formula is C21H16N2O3S2. The topological polar surface area (TPSA) is 59.5 Å². The van der Waals surface area contributed by atoms with E-state index in [4.69, 9.17) is 4.74 Å². The van der Waals surface area contributed by atoms with E-state index in [0.717, 1.165) is 32.8 Å². The van der Waals surface area contributed by atoms with Crippen molar-refractivity contribution >= 4 is 37.8 Å². The molecule has 5 rings (SSSR count). The zero-order valence-electron chi connectivity index (χ0n) is 15.0. The van der Waals surface area contributed by atoms with Crippen molar-refractivity contribution in [1.82, 2.24) is 4.98 Å². The first-order valence-corrected chi connectivity index (χ1v) is 11.0. The third kappa shape index (κ3) is 2.58. The lowest BCUT2D eigenvalue weighted by atomic mass is 10.1. The van der Waals surface area contributed by atoms with E-state index in [1.54, 1.807) is 19.2 Å². The molecule has 0 N–H and O–H groups in total. The summed E-state index contributed by atoms with van der Waals surface area (Å²) in [5.41, 5.74) is 2.42. The Balaban J connectivity index is 1.50. The van der Waals surface area contributed by atoms with Crippen LogP contribution in [0.4, 0.5) is 5.69 Å². The maximum atomic E-state index is 13.1. The second kappa shape index (κ2) is 6.32. The summed E-state index contributed by atoms with van der Waals surface area (Å²) in [6.45, 7) is 0.211. The summed E-state index contributed by atoms with van der Waals surface area (Å²) < 4.78 is 32.9. The van der Waals surface area contributed by atoms with Gasteiger partial charge in [-0.2, -0.15) is 0 Å². The van der Waals surface area contributed by atoms with Crippen LogP contribution in [-0.2, 0) is 16.6 Å². The van der Waals surface area contributed by atoms with Crippen molar-refractivity contribution in [2.75, 3.05) is 11.4 Å². The second-order valence-corrected chi connectivity index (χ2v) is 9.20. The molecule has 140 valence electrons. The molecule has 5 nitrogen and oxygen atoms in total. The molecule has 4 aromatic rings. The predicted octanol–water partition coefficient (Wildman–Crippen LogP) is 4.68. The largest absolute Gasteiger partial charge is 0.497 e. The van der Waals surface area contributed by atoms with E-state index in [1.807, 2.05) is 53.9 Å². The van der Waals surface area contributed by atoms with Crippen LogP contribution in [0.1, 0.15) is 5.69 Å². The summed E-state index contributed by atoms with van der Waals surface area (Å²) in [5.74, 6) is 0.787. The van der Waals surface area contributed by atoms with Gasteiger partial charge in [0.05, 0.1) is 29.9 Å². The maximum Gasteiger partial charge on any atom is 0.265 e. The Bertz CT molecular complexity index is 1290. The summed E-state index contributed by atoms with van der Waals surface area (Å²) in [7, 11) is -1.95. The molecule has 1 aromatic heterocycles. The first-order valence-electron chi connectivity index (χ1n) is 8.71. The molecule has 0 aliphatic carbocycles. The average molecular weight is 409 g/mol. The molecule has 1 aliphatic rings. The van der Waals surface area contributed by atoms with Gasteiger partial charge in [-0.1, -0.05) is 24.3 Å². The quantitative estimate of drug-likeness (QED) is 0.492. The molecule has 0 unspecified atom stereocenters. The molecule has 0 saturated carbocycles. The smallest absolute Gasteiger partial charge is 0.265 e. The standard InChI is InChI=1S/C21H16N2O3S2/c1-26-17-10-8-15(9-11-17)21-22-16(13-27-21)12-23-18-6-2-4-14-5-3-7-19(20(14)18)28(23,24)25/h2-11,13H,12H2,1H3. The van der Waals surface area contributed by atoms with E-state index in [1.165, 1.54) is 15.6 Å². The molecule has 0 amide bonds. The fraction of sp³-hybridized carbons (Fsp3) is 0.0952. The highest BCUT2D eigenvalue weighted by atomic mass is 32.2. The fourth-order valence-electron chi connectivity index (χ4n) is 3.52. The number of hydrogen-bond acceptors (Lipinski definition) is 5. The van der Waals surface area contributed by atoms with Crippen LogP contribution in [0.2, 0.25) is 0 Å². The number of anilines is 1.